The molecule has 0 aliphatic carbocycles. The molecule has 2 aromatic rings. The normalized spacial score (nSPS) is 14.9. The number of rotatable bonds is 3. The molecule has 1 aliphatic heterocycles. The van der Waals surface area contributed by atoms with Gasteiger partial charge in [0.05, 0.1) is 36.8 Å². The first-order valence-electron chi connectivity index (χ1n) is 9.12. The van der Waals surface area contributed by atoms with Crippen molar-refractivity contribution < 1.29 is 19.1 Å². The van der Waals surface area contributed by atoms with Gasteiger partial charge in [0.25, 0.3) is 0 Å². The van der Waals surface area contributed by atoms with Crippen LogP contribution in [0.2, 0.25) is 5.15 Å². The number of fused-ring (bicyclic) bond motifs is 1. The number of hydrogen-bond acceptors (Lipinski definition) is 6. The molecule has 1 N–H and O–H groups in total. The first-order chi connectivity index (χ1) is 13.7. The highest BCUT2D eigenvalue weighted by molar-refractivity contribution is 6.31. The lowest BCUT2D eigenvalue weighted by molar-refractivity contribution is -0.137. The highest BCUT2D eigenvalue weighted by atomic mass is 35.5. The summed E-state index contributed by atoms with van der Waals surface area (Å²) in [6.07, 6.45) is 0. The van der Waals surface area contributed by atoms with Crippen molar-refractivity contribution in [1.82, 2.24) is 10.3 Å². The number of methoxy groups -OCH3 is 2. The number of ether oxygens (including phenoxy) is 2. The number of nitrogens with zero attached hydrogens (tertiary/aromatic N) is 1. The van der Waals surface area contributed by atoms with Crippen LogP contribution >= 0.6 is 11.6 Å². The minimum Gasteiger partial charge on any atom is -0.466 e. The van der Waals surface area contributed by atoms with E-state index in [1.807, 2.05) is 32.0 Å². The average Bonchev–Trinajstić information content (AvgIpc) is 2.69. The fraction of sp³-hybridized carbons (Fsp3) is 0.318. The predicted octanol–water partition coefficient (Wildman–Crippen LogP) is 4.09. The van der Waals surface area contributed by atoms with E-state index in [2.05, 4.69) is 10.3 Å². The highest BCUT2D eigenvalue weighted by Gasteiger charge is 2.39. The summed E-state index contributed by atoms with van der Waals surface area (Å²) >= 11 is 6.60. The second-order valence-corrected chi connectivity index (χ2v) is 7.42. The molecule has 0 saturated heterocycles. The highest BCUT2D eigenvalue weighted by Crippen LogP contribution is 2.42. The van der Waals surface area contributed by atoms with Gasteiger partial charge in [-0.3, -0.25) is 0 Å². The number of carbonyl (C=O) groups is 2. The Labute approximate surface area is 174 Å². The summed E-state index contributed by atoms with van der Waals surface area (Å²) in [6.45, 7) is 7.51. The molecule has 0 fully saturated rings. The van der Waals surface area contributed by atoms with Crippen LogP contribution in [0.1, 0.15) is 36.5 Å². The minimum absolute atomic E-state index is 0.224. The lowest BCUT2D eigenvalue weighted by Crippen LogP contribution is -2.32. The van der Waals surface area contributed by atoms with Crippen molar-refractivity contribution in [1.29, 1.82) is 0 Å². The molecular weight excluding hydrogens is 392 g/mol. The summed E-state index contributed by atoms with van der Waals surface area (Å²) in [5, 5.41) is 4.17. The van der Waals surface area contributed by atoms with E-state index < -0.39 is 17.9 Å². The Morgan fingerprint density at radius 2 is 1.55 bits per heavy atom. The molecule has 0 bridgehead atoms. The summed E-state index contributed by atoms with van der Waals surface area (Å²) < 4.78 is 9.99. The molecule has 1 aliphatic rings. The number of pyridine rings is 1. The summed E-state index contributed by atoms with van der Waals surface area (Å²) in [6, 6.07) is 5.83. The van der Waals surface area contributed by atoms with E-state index in [4.69, 9.17) is 21.1 Å². The maximum Gasteiger partial charge on any atom is 0.336 e. The Bertz CT molecular complexity index is 1060. The zero-order chi connectivity index (χ0) is 21.5. The van der Waals surface area contributed by atoms with Crippen molar-refractivity contribution in [3.05, 3.63) is 62.6 Å². The maximum atomic E-state index is 12.6. The third-order valence-electron chi connectivity index (χ3n) is 5.37. The van der Waals surface area contributed by atoms with Crippen LogP contribution in [-0.2, 0) is 19.1 Å². The Hall–Kier alpha value is -2.86. The lowest BCUT2D eigenvalue weighted by Gasteiger charge is -2.30. The quantitative estimate of drug-likeness (QED) is 0.602. The Morgan fingerprint density at radius 3 is 2.07 bits per heavy atom. The number of halogens is 1. The molecule has 0 saturated carbocycles. The third-order valence-corrected chi connectivity index (χ3v) is 5.68. The topological polar surface area (TPSA) is 77.5 Å². The van der Waals surface area contributed by atoms with Gasteiger partial charge in [0.15, 0.2) is 0 Å². The van der Waals surface area contributed by atoms with E-state index in [0.717, 1.165) is 22.0 Å². The van der Waals surface area contributed by atoms with Crippen LogP contribution < -0.4 is 5.32 Å². The number of esters is 2. The summed E-state index contributed by atoms with van der Waals surface area (Å²) in [7, 11) is 2.60. The molecule has 6 nitrogen and oxygen atoms in total. The number of allylic oxidation sites excluding steroid dienone is 2. The number of benzene rings is 1. The maximum absolute atomic E-state index is 12.6. The van der Waals surface area contributed by atoms with E-state index in [9.17, 15) is 9.59 Å². The molecule has 0 spiro atoms. The van der Waals surface area contributed by atoms with Gasteiger partial charge >= 0.3 is 11.9 Å². The molecule has 0 radical (unpaired) electrons. The standard InChI is InChI=1S/C22H23ClN2O4/c1-10-7-8-14-9-15(20(23)25-19(14)11(10)2)18-16(21(26)28-5)12(3)24-13(4)17(18)22(27)29-6/h7-9,18,24H,1-6H3. The van der Waals surface area contributed by atoms with Crippen LogP contribution in [0.4, 0.5) is 0 Å². The fourth-order valence-electron chi connectivity index (χ4n) is 3.75. The number of nitrogens with one attached hydrogen (secondary N) is 1. The largest absolute Gasteiger partial charge is 0.466 e. The molecule has 0 unspecified atom stereocenters. The molecule has 7 heteroatoms. The number of aryl methyl sites for hydroxylation is 2. The Kier molecular flexibility index (Phi) is 5.66. The molecular formula is C22H23ClN2O4. The Balaban J connectivity index is 2.34. The first-order valence-corrected chi connectivity index (χ1v) is 9.50. The molecule has 29 heavy (non-hydrogen) atoms. The zero-order valence-corrected chi connectivity index (χ0v) is 18.0. The lowest BCUT2D eigenvalue weighted by atomic mass is 9.80. The van der Waals surface area contributed by atoms with Crippen molar-refractivity contribution in [3.63, 3.8) is 0 Å². The van der Waals surface area contributed by atoms with Crippen LogP contribution in [0.15, 0.2) is 40.7 Å². The van der Waals surface area contributed by atoms with Crippen LogP contribution in [0.3, 0.4) is 0 Å². The second-order valence-electron chi connectivity index (χ2n) is 7.07. The van der Waals surface area contributed by atoms with E-state index in [1.54, 1.807) is 13.8 Å². The molecule has 152 valence electrons. The SMILES string of the molecule is COC(=O)C1=C(C)NC(C)=C(C(=O)OC)C1c1cc2ccc(C)c(C)c2nc1Cl. The first kappa shape index (κ1) is 20.9. The monoisotopic (exact) mass is 414 g/mol. The summed E-state index contributed by atoms with van der Waals surface area (Å²) in [4.78, 5) is 29.9. The van der Waals surface area contributed by atoms with Gasteiger partial charge in [0, 0.05) is 22.3 Å². The average molecular weight is 415 g/mol. The van der Waals surface area contributed by atoms with Gasteiger partial charge in [0.1, 0.15) is 5.15 Å². The van der Waals surface area contributed by atoms with E-state index in [1.165, 1.54) is 14.2 Å². The van der Waals surface area contributed by atoms with Crippen LogP contribution in [0, 0.1) is 13.8 Å². The van der Waals surface area contributed by atoms with E-state index in [0.29, 0.717) is 28.1 Å². The smallest absolute Gasteiger partial charge is 0.336 e. The number of dihydropyridines is 1. The van der Waals surface area contributed by atoms with Gasteiger partial charge in [-0.25, -0.2) is 14.6 Å². The number of aromatic nitrogens is 1. The molecule has 1 aromatic heterocycles. The van der Waals surface area contributed by atoms with Crippen molar-refractivity contribution in [2.45, 2.75) is 33.6 Å². The third kappa shape index (κ3) is 3.49. The second kappa shape index (κ2) is 7.87. The van der Waals surface area contributed by atoms with Crippen LogP contribution in [0.5, 0.6) is 0 Å². The molecule has 2 heterocycles. The van der Waals surface area contributed by atoms with Gasteiger partial charge in [-0.05, 0) is 44.9 Å². The molecule has 0 amide bonds. The van der Waals surface area contributed by atoms with Crippen LogP contribution in [-0.4, -0.2) is 31.1 Å². The van der Waals surface area contributed by atoms with Gasteiger partial charge in [-0.2, -0.15) is 0 Å². The van der Waals surface area contributed by atoms with E-state index in [-0.39, 0.29) is 5.15 Å². The minimum atomic E-state index is -0.762. The summed E-state index contributed by atoms with van der Waals surface area (Å²) in [5.74, 6) is -1.86. The molecule has 3 rings (SSSR count). The van der Waals surface area contributed by atoms with Gasteiger partial charge in [0.2, 0.25) is 0 Å². The van der Waals surface area contributed by atoms with E-state index >= 15 is 0 Å². The Morgan fingerprint density at radius 1 is 1.00 bits per heavy atom. The number of hydrogen-bond donors (Lipinski definition) is 1. The zero-order valence-electron chi connectivity index (χ0n) is 17.3. The van der Waals surface area contributed by atoms with Gasteiger partial charge in [-0.1, -0.05) is 23.7 Å². The van der Waals surface area contributed by atoms with Gasteiger partial charge < -0.3 is 14.8 Å². The van der Waals surface area contributed by atoms with Crippen molar-refractivity contribution in [2.24, 2.45) is 0 Å². The van der Waals surface area contributed by atoms with Crippen LogP contribution in [0.25, 0.3) is 10.9 Å². The molecule has 1 aromatic carbocycles. The van der Waals surface area contributed by atoms with Crippen molar-refractivity contribution in [2.75, 3.05) is 14.2 Å². The number of carbonyl (C=O) groups excluding carboxylic acids is 2. The van der Waals surface area contributed by atoms with Crippen molar-refractivity contribution >= 4 is 34.4 Å². The predicted molar refractivity (Wildman–Crippen MR) is 112 cm³/mol. The van der Waals surface area contributed by atoms with Crippen molar-refractivity contribution in [3.8, 4) is 0 Å². The van der Waals surface area contributed by atoms with Gasteiger partial charge in [-0.15, -0.1) is 0 Å². The summed E-state index contributed by atoms with van der Waals surface area (Å²) in [5.41, 5.74) is 5.23. The fourth-order valence-corrected chi connectivity index (χ4v) is 3.99. The molecule has 0 atom stereocenters.